The first-order valence-corrected chi connectivity index (χ1v) is 6.94. The lowest BCUT2D eigenvalue weighted by atomic mass is 10.0. The largest absolute Gasteiger partial charge is 0.354 e. The van der Waals surface area contributed by atoms with Gasteiger partial charge in [0, 0.05) is 13.1 Å². The van der Waals surface area contributed by atoms with Crippen LogP contribution in [0.15, 0.2) is 0 Å². The first-order valence-electron chi connectivity index (χ1n) is 6.57. The molecule has 1 fully saturated rings. The zero-order valence-corrected chi connectivity index (χ0v) is 11.7. The van der Waals surface area contributed by atoms with Crippen LogP contribution < -0.4 is 10.6 Å². The van der Waals surface area contributed by atoms with E-state index in [1.807, 2.05) is 0 Å². The van der Waals surface area contributed by atoms with E-state index in [4.69, 9.17) is 11.6 Å². The summed E-state index contributed by atoms with van der Waals surface area (Å²) in [5, 5.41) is 6.61. The summed E-state index contributed by atoms with van der Waals surface area (Å²) in [7, 11) is 0. The summed E-state index contributed by atoms with van der Waals surface area (Å²) in [4.78, 5) is 12.5. The molecule has 18 heavy (non-hydrogen) atoms. The highest BCUT2D eigenvalue weighted by Gasteiger charge is 2.40. The zero-order chi connectivity index (χ0) is 13.0. The van der Waals surface area contributed by atoms with Crippen molar-refractivity contribution in [3.05, 3.63) is 5.28 Å². The van der Waals surface area contributed by atoms with E-state index in [0.29, 0.717) is 17.3 Å². The number of rotatable bonds is 7. The predicted molar refractivity (Wildman–Crippen MR) is 74.1 cm³/mol. The van der Waals surface area contributed by atoms with Gasteiger partial charge in [0.1, 0.15) is 0 Å². The van der Waals surface area contributed by atoms with Crippen LogP contribution in [0, 0.1) is 5.41 Å². The Kier molecular flexibility index (Phi) is 4.22. The molecule has 1 aromatic heterocycles. The summed E-state index contributed by atoms with van der Waals surface area (Å²) in [5.41, 5.74) is 0.454. The zero-order valence-electron chi connectivity index (χ0n) is 11.0. The molecule has 0 spiro atoms. The van der Waals surface area contributed by atoms with Crippen LogP contribution >= 0.6 is 11.6 Å². The van der Waals surface area contributed by atoms with Gasteiger partial charge >= 0.3 is 0 Å². The Morgan fingerprint density at radius 2 is 1.78 bits per heavy atom. The smallest absolute Gasteiger partial charge is 0.228 e. The van der Waals surface area contributed by atoms with Crippen LogP contribution in [-0.2, 0) is 0 Å². The molecule has 1 saturated carbocycles. The molecular weight excluding hydrogens is 250 g/mol. The van der Waals surface area contributed by atoms with E-state index in [9.17, 15) is 0 Å². The Hall–Kier alpha value is -1.10. The third-order valence-electron chi connectivity index (χ3n) is 3.47. The van der Waals surface area contributed by atoms with Gasteiger partial charge in [0.15, 0.2) is 0 Å². The van der Waals surface area contributed by atoms with E-state index in [1.165, 1.54) is 19.3 Å². The first kappa shape index (κ1) is 13.3. The molecule has 0 amide bonds. The van der Waals surface area contributed by atoms with E-state index in [2.05, 4.69) is 39.4 Å². The fourth-order valence-corrected chi connectivity index (χ4v) is 2.00. The normalized spacial score (nSPS) is 16.4. The maximum absolute atomic E-state index is 5.89. The number of aromatic nitrogens is 3. The second kappa shape index (κ2) is 5.69. The van der Waals surface area contributed by atoms with Crippen molar-refractivity contribution < 1.29 is 0 Å². The standard InChI is InChI=1S/C12H20ClN5/c1-3-7-14-10-16-9(13)17-11(18-10)15-8-12(4-2)5-6-12/h3-8H2,1-2H3,(H2,14,15,16,17,18). The lowest BCUT2D eigenvalue weighted by molar-refractivity contribution is 0.519. The summed E-state index contributed by atoms with van der Waals surface area (Å²) in [6.07, 6.45) is 4.79. The average molecular weight is 270 g/mol. The molecule has 2 rings (SSSR count). The first-order chi connectivity index (χ1) is 8.67. The fraction of sp³-hybridized carbons (Fsp3) is 0.750. The van der Waals surface area contributed by atoms with Crippen LogP contribution in [0.4, 0.5) is 11.9 Å². The topological polar surface area (TPSA) is 62.7 Å². The van der Waals surface area contributed by atoms with Gasteiger partial charge in [-0.05, 0) is 42.7 Å². The molecule has 0 aromatic carbocycles. The van der Waals surface area contributed by atoms with Crippen LogP contribution in [0.2, 0.25) is 5.28 Å². The highest BCUT2D eigenvalue weighted by molar-refractivity contribution is 6.28. The van der Waals surface area contributed by atoms with Crippen molar-refractivity contribution in [3.63, 3.8) is 0 Å². The number of halogens is 1. The minimum atomic E-state index is 0.229. The third-order valence-corrected chi connectivity index (χ3v) is 3.64. The molecule has 0 aliphatic heterocycles. The monoisotopic (exact) mass is 269 g/mol. The van der Waals surface area contributed by atoms with Gasteiger partial charge in [-0.2, -0.15) is 15.0 Å². The molecule has 2 N–H and O–H groups in total. The summed E-state index contributed by atoms with van der Waals surface area (Å²) in [5.74, 6) is 1.11. The lowest BCUT2D eigenvalue weighted by Gasteiger charge is -2.13. The minimum absolute atomic E-state index is 0.229. The minimum Gasteiger partial charge on any atom is -0.354 e. The molecule has 0 bridgehead atoms. The Morgan fingerprint density at radius 3 is 2.33 bits per heavy atom. The Balaban J connectivity index is 1.96. The SMILES string of the molecule is CCCNc1nc(Cl)nc(NCC2(CC)CC2)n1. The van der Waals surface area contributed by atoms with Crippen LogP contribution in [0.1, 0.15) is 39.5 Å². The van der Waals surface area contributed by atoms with E-state index < -0.39 is 0 Å². The molecular formula is C12H20ClN5. The summed E-state index contributed by atoms with van der Waals surface area (Å²) in [6, 6.07) is 0. The molecule has 1 aliphatic carbocycles. The maximum Gasteiger partial charge on any atom is 0.228 e. The van der Waals surface area contributed by atoms with Gasteiger partial charge < -0.3 is 10.6 Å². The van der Waals surface area contributed by atoms with Gasteiger partial charge in [0.05, 0.1) is 0 Å². The highest BCUT2D eigenvalue weighted by Crippen LogP contribution is 2.48. The second-order valence-corrected chi connectivity index (χ2v) is 5.22. The van der Waals surface area contributed by atoms with Crippen LogP contribution in [0.5, 0.6) is 0 Å². The van der Waals surface area contributed by atoms with Crippen molar-refractivity contribution in [1.29, 1.82) is 0 Å². The van der Waals surface area contributed by atoms with E-state index >= 15 is 0 Å². The number of nitrogens with zero attached hydrogens (tertiary/aromatic N) is 3. The predicted octanol–water partition coefficient (Wildman–Crippen LogP) is 2.95. The van der Waals surface area contributed by atoms with Crippen LogP contribution in [-0.4, -0.2) is 28.0 Å². The highest BCUT2D eigenvalue weighted by atomic mass is 35.5. The molecule has 1 aromatic rings. The molecule has 1 aliphatic rings. The molecule has 100 valence electrons. The van der Waals surface area contributed by atoms with Gasteiger partial charge in [0.25, 0.3) is 0 Å². The van der Waals surface area contributed by atoms with Crippen molar-refractivity contribution in [1.82, 2.24) is 15.0 Å². The summed E-state index contributed by atoms with van der Waals surface area (Å²) >= 11 is 5.89. The number of hydrogen-bond acceptors (Lipinski definition) is 5. The maximum atomic E-state index is 5.89. The van der Waals surface area contributed by atoms with Crippen molar-refractivity contribution >= 4 is 23.5 Å². The molecule has 0 atom stereocenters. The Labute approximate surface area is 113 Å². The summed E-state index contributed by atoms with van der Waals surface area (Å²) < 4.78 is 0. The van der Waals surface area contributed by atoms with Crippen LogP contribution in [0.3, 0.4) is 0 Å². The Bertz CT molecular complexity index is 405. The number of hydrogen-bond donors (Lipinski definition) is 2. The van der Waals surface area contributed by atoms with Gasteiger partial charge in [-0.25, -0.2) is 0 Å². The average Bonchev–Trinajstić information content (AvgIpc) is 3.14. The second-order valence-electron chi connectivity index (χ2n) is 4.89. The van der Waals surface area contributed by atoms with Crippen molar-refractivity contribution in [2.24, 2.45) is 5.41 Å². The molecule has 0 saturated heterocycles. The van der Waals surface area contributed by atoms with Crippen LogP contribution in [0.25, 0.3) is 0 Å². The fourth-order valence-electron chi connectivity index (χ4n) is 1.84. The van der Waals surface area contributed by atoms with Gasteiger partial charge in [-0.3, -0.25) is 0 Å². The lowest BCUT2D eigenvalue weighted by Crippen LogP contribution is -2.17. The molecule has 6 heteroatoms. The van der Waals surface area contributed by atoms with Crippen molar-refractivity contribution in [3.8, 4) is 0 Å². The van der Waals surface area contributed by atoms with E-state index in [0.717, 1.165) is 19.5 Å². The number of nitrogens with one attached hydrogen (secondary N) is 2. The quantitative estimate of drug-likeness (QED) is 0.797. The van der Waals surface area contributed by atoms with Crippen molar-refractivity contribution in [2.45, 2.75) is 39.5 Å². The summed E-state index contributed by atoms with van der Waals surface area (Å²) in [6.45, 7) is 6.06. The third kappa shape index (κ3) is 3.45. The Morgan fingerprint density at radius 1 is 1.11 bits per heavy atom. The van der Waals surface area contributed by atoms with Gasteiger partial charge in [0.2, 0.25) is 17.2 Å². The number of anilines is 2. The molecule has 0 radical (unpaired) electrons. The molecule has 0 unspecified atom stereocenters. The van der Waals surface area contributed by atoms with Gasteiger partial charge in [-0.15, -0.1) is 0 Å². The van der Waals surface area contributed by atoms with E-state index in [-0.39, 0.29) is 5.28 Å². The van der Waals surface area contributed by atoms with E-state index in [1.54, 1.807) is 0 Å². The van der Waals surface area contributed by atoms with Crippen molar-refractivity contribution in [2.75, 3.05) is 23.7 Å². The van der Waals surface area contributed by atoms with Gasteiger partial charge in [-0.1, -0.05) is 13.8 Å². The molecule has 5 nitrogen and oxygen atoms in total. The molecule has 1 heterocycles.